The van der Waals surface area contributed by atoms with Crippen LogP contribution in [0.5, 0.6) is 11.6 Å². The lowest BCUT2D eigenvalue weighted by Gasteiger charge is -2.27. The molecule has 184 valence electrons. The van der Waals surface area contributed by atoms with E-state index in [0.717, 1.165) is 18.9 Å². The molecule has 0 spiro atoms. The number of anilines is 1. The zero-order valence-electron chi connectivity index (χ0n) is 19.6. The summed E-state index contributed by atoms with van der Waals surface area (Å²) in [5.74, 6) is -0.840. The zero-order chi connectivity index (χ0) is 25.2. The van der Waals surface area contributed by atoms with Gasteiger partial charge in [-0.15, -0.1) is 0 Å². The molecule has 2 aromatic carbocycles. The van der Waals surface area contributed by atoms with Crippen molar-refractivity contribution in [3.05, 3.63) is 88.6 Å². The van der Waals surface area contributed by atoms with Gasteiger partial charge in [-0.25, -0.2) is 14.2 Å². The monoisotopic (exact) mass is 489 g/mol. The number of benzene rings is 2. The van der Waals surface area contributed by atoms with Crippen LogP contribution < -0.4 is 19.8 Å². The lowest BCUT2D eigenvalue weighted by molar-refractivity contribution is 0.0695. The van der Waals surface area contributed by atoms with Crippen molar-refractivity contribution in [1.82, 2.24) is 9.55 Å². The molecule has 9 heteroatoms. The average Bonchev–Trinajstić information content (AvgIpc) is 3.36. The Morgan fingerprint density at radius 2 is 2.00 bits per heavy atom. The molecule has 1 aliphatic rings. The van der Waals surface area contributed by atoms with Crippen LogP contribution in [0.15, 0.2) is 71.8 Å². The highest BCUT2D eigenvalue weighted by Crippen LogP contribution is 2.32. The Labute approximate surface area is 206 Å². The number of carboxylic acid groups (broad SMARTS) is 1. The Hall–Kier alpha value is -4.40. The van der Waals surface area contributed by atoms with Crippen LogP contribution in [0.2, 0.25) is 0 Å². The van der Waals surface area contributed by atoms with Crippen LogP contribution in [0.1, 0.15) is 23.2 Å². The zero-order valence-corrected chi connectivity index (χ0v) is 19.6. The number of hydrogen-bond donors (Lipinski definition) is 1. The number of carbonyl (C=O) groups is 1. The maximum Gasteiger partial charge on any atom is 0.341 e. The van der Waals surface area contributed by atoms with E-state index in [-0.39, 0.29) is 11.4 Å². The number of hydrogen-bond acceptors (Lipinski definition) is 6. The second-order valence-corrected chi connectivity index (χ2v) is 8.53. The SMILES string of the molecule is COc1ccc(-n2cc(C(=O)O)c(=O)c3cc(F)c(N4CCC[C@@H]4COc4ccccn4)cc32)cc1. The van der Waals surface area contributed by atoms with Crippen LogP contribution in [0.3, 0.4) is 0 Å². The van der Waals surface area contributed by atoms with Crippen molar-refractivity contribution < 1.29 is 23.8 Å². The van der Waals surface area contributed by atoms with Gasteiger partial charge in [-0.1, -0.05) is 6.07 Å². The van der Waals surface area contributed by atoms with Gasteiger partial charge in [0, 0.05) is 36.1 Å². The lowest BCUT2D eigenvalue weighted by Crippen LogP contribution is -2.35. The Morgan fingerprint density at radius 1 is 1.19 bits per heavy atom. The summed E-state index contributed by atoms with van der Waals surface area (Å²) in [6.07, 6.45) is 4.60. The van der Waals surface area contributed by atoms with Gasteiger partial charge in [-0.3, -0.25) is 4.79 Å². The summed E-state index contributed by atoms with van der Waals surface area (Å²) in [4.78, 5) is 30.8. The molecule has 0 saturated carbocycles. The number of methoxy groups -OCH3 is 1. The fourth-order valence-electron chi connectivity index (χ4n) is 4.60. The van der Waals surface area contributed by atoms with Crippen LogP contribution in [0, 0.1) is 5.82 Å². The fraction of sp³-hybridized carbons (Fsp3) is 0.222. The number of nitrogens with zero attached hydrogens (tertiary/aromatic N) is 3. The quantitative estimate of drug-likeness (QED) is 0.414. The van der Waals surface area contributed by atoms with Gasteiger partial charge in [0.05, 0.1) is 24.4 Å². The van der Waals surface area contributed by atoms with Crippen molar-refractivity contribution in [2.45, 2.75) is 18.9 Å². The molecule has 4 aromatic rings. The Morgan fingerprint density at radius 3 is 2.69 bits per heavy atom. The Balaban J connectivity index is 1.60. The third-order valence-electron chi connectivity index (χ3n) is 6.40. The number of fused-ring (bicyclic) bond motifs is 1. The average molecular weight is 490 g/mol. The second kappa shape index (κ2) is 9.69. The van der Waals surface area contributed by atoms with Crippen LogP contribution in [-0.4, -0.2) is 46.9 Å². The normalized spacial score (nSPS) is 15.3. The van der Waals surface area contributed by atoms with Gasteiger partial charge in [0.15, 0.2) is 0 Å². The molecule has 5 rings (SSSR count). The summed E-state index contributed by atoms with van der Waals surface area (Å²) in [5, 5.41) is 9.60. The molecule has 1 fully saturated rings. The summed E-state index contributed by atoms with van der Waals surface area (Å²) < 4.78 is 28.1. The van der Waals surface area contributed by atoms with Crippen molar-refractivity contribution >= 4 is 22.6 Å². The molecular formula is C27H24FN3O5. The first-order valence-corrected chi connectivity index (χ1v) is 11.5. The molecule has 1 aliphatic heterocycles. The van der Waals surface area contributed by atoms with Crippen LogP contribution in [0.4, 0.5) is 10.1 Å². The van der Waals surface area contributed by atoms with E-state index >= 15 is 4.39 Å². The largest absolute Gasteiger partial charge is 0.497 e. The van der Waals surface area contributed by atoms with E-state index in [0.29, 0.717) is 41.7 Å². The highest BCUT2D eigenvalue weighted by atomic mass is 19.1. The first-order chi connectivity index (χ1) is 17.5. The van der Waals surface area contributed by atoms with Gasteiger partial charge in [-0.2, -0.15) is 0 Å². The van der Waals surface area contributed by atoms with Crippen molar-refractivity contribution in [2.75, 3.05) is 25.2 Å². The van der Waals surface area contributed by atoms with E-state index in [9.17, 15) is 14.7 Å². The molecule has 1 N–H and O–H groups in total. The van der Waals surface area contributed by atoms with Crippen molar-refractivity contribution in [2.24, 2.45) is 0 Å². The molecular weight excluding hydrogens is 465 g/mol. The Kier molecular flexibility index (Phi) is 6.28. The van der Waals surface area contributed by atoms with Crippen LogP contribution >= 0.6 is 0 Å². The third kappa shape index (κ3) is 4.35. The molecule has 0 amide bonds. The smallest absolute Gasteiger partial charge is 0.341 e. The second-order valence-electron chi connectivity index (χ2n) is 8.53. The molecule has 0 bridgehead atoms. The number of pyridine rings is 2. The summed E-state index contributed by atoms with van der Waals surface area (Å²) in [6, 6.07) is 15.0. The predicted octanol–water partition coefficient (Wildman–Crippen LogP) is 4.28. The first kappa shape index (κ1) is 23.3. The molecule has 0 aliphatic carbocycles. The molecule has 1 atom stereocenters. The van der Waals surface area contributed by atoms with Crippen molar-refractivity contribution in [3.8, 4) is 17.3 Å². The topological polar surface area (TPSA) is 93.9 Å². The van der Waals surface area contributed by atoms with E-state index in [1.54, 1.807) is 60.3 Å². The summed E-state index contributed by atoms with van der Waals surface area (Å²) >= 11 is 0. The summed E-state index contributed by atoms with van der Waals surface area (Å²) in [5.41, 5.74) is 0.178. The highest BCUT2D eigenvalue weighted by molar-refractivity contribution is 5.94. The molecule has 1 saturated heterocycles. The van der Waals surface area contributed by atoms with Crippen molar-refractivity contribution in [3.63, 3.8) is 0 Å². The van der Waals surface area contributed by atoms with Crippen LogP contribution in [-0.2, 0) is 0 Å². The van der Waals surface area contributed by atoms with Gasteiger partial charge in [0.1, 0.15) is 23.7 Å². The van der Waals surface area contributed by atoms with E-state index < -0.39 is 22.8 Å². The molecule has 2 aromatic heterocycles. The summed E-state index contributed by atoms with van der Waals surface area (Å²) in [6.45, 7) is 0.955. The van der Waals surface area contributed by atoms with Gasteiger partial charge >= 0.3 is 5.97 Å². The standard InChI is InChI=1S/C27H24FN3O5/c1-35-19-9-7-17(8-10-19)31-15-21(27(33)34)26(32)20-13-22(28)24(14-23(20)31)30-12-4-5-18(30)16-36-25-6-2-3-11-29-25/h2-3,6-11,13-15,18H,4-5,12,16H2,1H3,(H,33,34)/t18-/m1/s1. The Bertz CT molecular complexity index is 1470. The fourth-order valence-corrected chi connectivity index (χ4v) is 4.60. The number of halogens is 1. The van der Waals surface area contributed by atoms with Gasteiger partial charge in [-0.05, 0) is 55.3 Å². The van der Waals surface area contributed by atoms with Gasteiger partial charge in [0.25, 0.3) is 0 Å². The van der Waals surface area contributed by atoms with Crippen LogP contribution in [0.25, 0.3) is 16.6 Å². The number of carboxylic acids is 1. The number of aromatic carboxylic acids is 1. The minimum atomic E-state index is -1.38. The maximum atomic E-state index is 15.4. The molecule has 0 unspecified atom stereocenters. The summed E-state index contributed by atoms with van der Waals surface area (Å²) in [7, 11) is 1.55. The first-order valence-electron chi connectivity index (χ1n) is 11.5. The maximum absolute atomic E-state index is 15.4. The molecule has 3 heterocycles. The van der Waals surface area contributed by atoms with E-state index in [1.807, 2.05) is 11.0 Å². The van der Waals surface area contributed by atoms with E-state index in [1.165, 1.54) is 6.20 Å². The number of rotatable bonds is 7. The molecule has 0 radical (unpaired) electrons. The van der Waals surface area contributed by atoms with Crippen molar-refractivity contribution in [1.29, 1.82) is 0 Å². The minimum absolute atomic E-state index is 0.00699. The van der Waals surface area contributed by atoms with E-state index in [2.05, 4.69) is 4.98 Å². The minimum Gasteiger partial charge on any atom is -0.497 e. The third-order valence-corrected chi connectivity index (χ3v) is 6.40. The predicted molar refractivity (Wildman–Crippen MR) is 133 cm³/mol. The molecule has 8 nitrogen and oxygen atoms in total. The van der Waals surface area contributed by atoms with E-state index in [4.69, 9.17) is 9.47 Å². The van der Waals surface area contributed by atoms with Gasteiger partial charge in [0.2, 0.25) is 11.3 Å². The molecule has 36 heavy (non-hydrogen) atoms. The number of aromatic nitrogens is 2. The number of ether oxygens (including phenoxy) is 2. The highest BCUT2D eigenvalue weighted by Gasteiger charge is 2.29. The lowest BCUT2D eigenvalue weighted by atomic mass is 10.1. The van der Waals surface area contributed by atoms with Gasteiger partial charge < -0.3 is 24.0 Å².